The summed E-state index contributed by atoms with van der Waals surface area (Å²) < 4.78 is 1.67. The van der Waals surface area contributed by atoms with Gasteiger partial charge in [-0.2, -0.15) is 5.10 Å². The maximum absolute atomic E-state index is 12.9. The summed E-state index contributed by atoms with van der Waals surface area (Å²) in [6.45, 7) is 0.548. The minimum atomic E-state index is -1.08. The quantitative estimate of drug-likeness (QED) is 0.789. The van der Waals surface area contributed by atoms with E-state index in [0.717, 1.165) is 16.8 Å². The summed E-state index contributed by atoms with van der Waals surface area (Å²) in [6, 6.07) is 18.1. The molecule has 5 nitrogen and oxygen atoms in total. The Kier molecular flexibility index (Phi) is 4.31. The number of para-hydroxylation sites is 1. The lowest BCUT2D eigenvalue weighted by Crippen LogP contribution is -2.39. The van der Waals surface area contributed by atoms with E-state index in [1.807, 2.05) is 49.6 Å². The highest BCUT2D eigenvalue weighted by atomic mass is 16.3. The summed E-state index contributed by atoms with van der Waals surface area (Å²) in [5.41, 5.74) is 4.04. The maximum atomic E-state index is 12.9. The summed E-state index contributed by atoms with van der Waals surface area (Å²) in [5.74, 6) is -0.137. The van der Waals surface area contributed by atoms with E-state index in [1.165, 1.54) is 5.56 Å². The molecule has 0 fully saturated rings. The zero-order valence-electron chi connectivity index (χ0n) is 14.6. The lowest BCUT2D eigenvalue weighted by molar-refractivity contribution is -0.126. The van der Waals surface area contributed by atoms with Gasteiger partial charge in [-0.25, -0.2) is 0 Å². The van der Waals surface area contributed by atoms with Gasteiger partial charge in [0.05, 0.1) is 6.20 Å². The first-order valence-electron chi connectivity index (χ1n) is 8.74. The van der Waals surface area contributed by atoms with Crippen LogP contribution in [0, 0.1) is 0 Å². The van der Waals surface area contributed by atoms with Crippen molar-refractivity contribution >= 4 is 11.6 Å². The van der Waals surface area contributed by atoms with E-state index < -0.39 is 6.10 Å². The van der Waals surface area contributed by atoms with Gasteiger partial charge in [0.15, 0.2) is 0 Å². The fourth-order valence-corrected chi connectivity index (χ4v) is 3.65. The Morgan fingerprint density at radius 2 is 1.92 bits per heavy atom. The Hall–Kier alpha value is -2.92. The van der Waals surface area contributed by atoms with Crippen molar-refractivity contribution in [3.8, 4) is 0 Å². The van der Waals surface area contributed by atoms with Crippen molar-refractivity contribution in [3.05, 3.63) is 83.7 Å². The van der Waals surface area contributed by atoms with Crippen molar-refractivity contribution in [3.63, 3.8) is 0 Å². The average Bonchev–Trinajstić information content (AvgIpc) is 3.25. The van der Waals surface area contributed by atoms with Gasteiger partial charge in [0.1, 0.15) is 6.10 Å². The van der Waals surface area contributed by atoms with E-state index in [1.54, 1.807) is 15.8 Å². The molecule has 1 aliphatic heterocycles. The number of aliphatic hydroxyl groups excluding tert-OH is 1. The largest absolute Gasteiger partial charge is 0.383 e. The van der Waals surface area contributed by atoms with Gasteiger partial charge in [-0.05, 0) is 22.8 Å². The van der Waals surface area contributed by atoms with Crippen molar-refractivity contribution in [2.24, 2.45) is 7.05 Å². The molecule has 1 N–H and O–H groups in total. The van der Waals surface area contributed by atoms with Gasteiger partial charge in [0.25, 0.3) is 5.91 Å². The number of fused-ring (bicyclic) bond motifs is 1. The topological polar surface area (TPSA) is 58.4 Å². The van der Waals surface area contributed by atoms with Gasteiger partial charge < -0.3 is 10.0 Å². The van der Waals surface area contributed by atoms with E-state index in [9.17, 15) is 9.90 Å². The molecule has 2 heterocycles. The third-order valence-corrected chi connectivity index (χ3v) is 4.91. The highest BCUT2D eigenvalue weighted by Gasteiger charge is 2.35. The van der Waals surface area contributed by atoms with Crippen LogP contribution in [0.25, 0.3) is 0 Å². The van der Waals surface area contributed by atoms with E-state index in [0.29, 0.717) is 6.54 Å². The van der Waals surface area contributed by atoms with Crippen LogP contribution in [0.4, 0.5) is 5.69 Å². The van der Waals surface area contributed by atoms with Crippen molar-refractivity contribution in [2.45, 2.75) is 18.4 Å². The lowest BCUT2D eigenvalue weighted by Gasteiger charge is -2.21. The molecule has 0 spiro atoms. The molecule has 5 heteroatoms. The first kappa shape index (κ1) is 16.5. The Morgan fingerprint density at radius 3 is 2.65 bits per heavy atom. The van der Waals surface area contributed by atoms with Crippen LogP contribution in [0.5, 0.6) is 0 Å². The SMILES string of the molecule is Cn1cc(C[C@H](O)C(=O)N2C[C@@H](c3ccccc3)c3ccccc32)cn1. The second-order valence-corrected chi connectivity index (χ2v) is 6.71. The van der Waals surface area contributed by atoms with E-state index >= 15 is 0 Å². The summed E-state index contributed by atoms with van der Waals surface area (Å²) >= 11 is 0. The van der Waals surface area contributed by atoms with Gasteiger partial charge in [0, 0.05) is 37.8 Å². The third kappa shape index (κ3) is 3.02. The third-order valence-electron chi connectivity index (χ3n) is 4.91. The number of benzene rings is 2. The number of aromatic nitrogens is 2. The predicted octanol–water partition coefficient (Wildman–Crippen LogP) is 2.50. The number of carbonyl (C=O) groups is 1. The first-order valence-corrected chi connectivity index (χ1v) is 8.74. The van der Waals surface area contributed by atoms with Gasteiger partial charge in [0.2, 0.25) is 0 Å². The van der Waals surface area contributed by atoms with Crippen LogP contribution >= 0.6 is 0 Å². The first-order chi connectivity index (χ1) is 12.6. The highest BCUT2D eigenvalue weighted by molar-refractivity contribution is 5.99. The molecule has 0 saturated carbocycles. The summed E-state index contributed by atoms with van der Waals surface area (Å²) in [4.78, 5) is 14.7. The van der Waals surface area contributed by atoms with Crippen molar-refractivity contribution in [1.82, 2.24) is 9.78 Å². The van der Waals surface area contributed by atoms with Crippen LogP contribution in [0.3, 0.4) is 0 Å². The molecule has 0 bridgehead atoms. The molecule has 2 aromatic carbocycles. The Bertz CT molecular complexity index is 920. The lowest BCUT2D eigenvalue weighted by atomic mass is 9.93. The van der Waals surface area contributed by atoms with Gasteiger partial charge in [-0.1, -0.05) is 48.5 Å². The minimum Gasteiger partial charge on any atom is -0.383 e. The van der Waals surface area contributed by atoms with Crippen molar-refractivity contribution in [1.29, 1.82) is 0 Å². The fourth-order valence-electron chi connectivity index (χ4n) is 3.65. The minimum absolute atomic E-state index is 0.127. The molecule has 1 aromatic heterocycles. The Morgan fingerprint density at radius 1 is 1.19 bits per heavy atom. The maximum Gasteiger partial charge on any atom is 0.256 e. The number of hydrogen-bond donors (Lipinski definition) is 1. The molecule has 26 heavy (non-hydrogen) atoms. The normalized spacial score (nSPS) is 17.2. The van der Waals surface area contributed by atoms with Crippen LogP contribution in [0.1, 0.15) is 22.6 Å². The second-order valence-electron chi connectivity index (χ2n) is 6.71. The van der Waals surface area contributed by atoms with E-state index in [-0.39, 0.29) is 18.2 Å². The number of anilines is 1. The van der Waals surface area contributed by atoms with Crippen LogP contribution in [0.15, 0.2) is 67.0 Å². The Labute approximate surface area is 152 Å². The van der Waals surface area contributed by atoms with Gasteiger partial charge >= 0.3 is 0 Å². The molecule has 1 amide bonds. The number of amides is 1. The fraction of sp³-hybridized carbons (Fsp3) is 0.238. The van der Waals surface area contributed by atoms with Crippen molar-refractivity contribution in [2.75, 3.05) is 11.4 Å². The number of carbonyl (C=O) groups excluding carboxylic acids is 1. The summed E-state index contributed by atoms with van der Waals surface area (Å²) in [7, 11) is 1.82. The van der Waals surface area contributed by atoms with Crippen LogP contribution in [-0.4, -0.2) is 33.4 Å². The molecule has 3 aromatic rings. The molecule has 4 rings (SSSR count). The zero-order chi connectivity index (χ0) is 18.1. The Balaban J connectivity index is 1.59. The van der Waals surface area contributed by atoms with Gasteiger partial charge in [-0.15, -0.1) is 0 Å². The molecular formula is C21H21N3O2. The highest BCUT2D eigenvalue weighted by Crippen LogP contribution is 2.40. The zero-order valence-corrected chi connectivity index (χ0v) is 14.6. The monoisotopic (exact) mass is 347 g/mol. The average molecular weight is 347 g/mol. The number of aliphatic hydroxyl groups is 1. The number of nitrogens with zero attached hydrogens (tertiary/aromatic N) is 3. The second kappa shape index (κ2) is 6.77. The smallest absolute Gasteiger partial charge is 0.256 e. The van der Waals surface area contributed by atoms with Gasteiger partial charge in [-0.3, -0.25) is 9.48 Å². The van der Waals surface area contributed by atoms with E-state index in [4.69, 9.17) is 0 Å². The summed E-state index contributed by atoms with van der Waals surface area (Å²) in [5, 5.41) is 14.6. The van der Waals surface area contributed by atoms with Crippen LogP contribution in [0.2, 0.25) is 0 Å². The van der Waals surface area contributed by atoms with E-state index in [2.05, 4.69) is 23.3 Å². The predicted molar refractivity (Wildman–Crippen MR) is 100.0 cm³/mol. The number of hydrogen-bond acceptors (Lipinski definition) is 3. The molecule has 0 unspecified atom stereocenters. The summed E-state index contributed by atoms with van der Waals surface area (Å²) in [6.07, 6.45) is 2.69. The molecule has 0 radical (unpaired) electrons. The molecule has 2 atom stereocenters. The number of aryl methyl sites for hydroxylation is 1. The molecule has 0 aliphatic carbocycles. The standard InChI is InChI=1S/C21H21N3O2/c1-23-13-15(12-22-23)11-20(25)21(26)24-14-18(16-7-3-2-4-8-16)17-9-5-6-10-19(17)24/h2-10,12-13,18,20,25H,11,14H2,1H3/t18-,20-/m0/s1. The molecule has 1 aliphatic rings. The molecule has 0 saturated heterocycles. The molecular weight excluding hydrogens is 326 g/mol. The number of rotatable bonds is 4. The van der Waals surface area contributed by atoms with Crippen molar-refractivity contribution < 1.29 is 9.90 Å². The van der Waals surface area contributed by atoms with Crippen LogP contribution in [-0.2, 0) is 18.3 Å². The molecule has 132 valence electrons. The van der Waals surface area contributed by atoms with Crippen LogP contribution < -0.4 is 4.90 Å².